The largest absolute Gasteiger partial charge is 0.497 e. The number of carbonyl (C=O) groups is 1. The highest BCUT2D eigenvalue weighted by molar-refractivity contribution is 7.07. The number of esters is 1. The molecule has 8 heteroatoms. The quantitative estimate of drug-likeness (QED) is 0.315. The number of ether oxygens (including phenoxy) is 3. The summed E-state index contributed by atoms with van der Waals surface area (Å²) in [4.78, 5) is 32.4. The highest BCUT2D eigenvalue weighted by atomic mass is 32.1. The molecule has 1 aliphatic heterocycles. The Labute approximate surface area is 230 Å². The van der Waals surface area contributed by atoms with E-state index in [1.54, 1.807) is 25.5 Å². The van der Waals surface area contributed by atoms with Gasteiger partial charge in [0, 0.05) is 5.56 Å². The van der Waals surface area contributed by atoms with E-state index in [9.17, 15) is 9.59 Å². The maximum atomic E-state index is 14.1. The van der Waals surface area contributed by atoms with E-state index in [0.717, 1.165) is 21.9 Å². The lowest BCUT2D eigenvalue weighted by Gasteiger charge is -2.24. The SMILES string of the molecule is CCOC(=O)C1=C(C)N=c2s/c(=C\c3c(OC(C)C)ccc4ccccc34)c(=O)n2[C@@H]1c1ccc(OC)cc1. The van der Waals surface area contributed by atoms with Crippen LogP contribution >= 0.6 is 11.3 Å². The van der Waals surface area contributed by atoms with Crippen molar-refractivity contribution in [3.05, 3.63) is 103 Å². The summed E-state index contributed by atoms with van der Waals surface area (Å²) in [6.45, 7) is 7.70. The third-order valence-corrected chi connectivity index (χ3v) is 7.50. The van der Waals surface area contributed by atoms with Crippen LogP contribution in [0.2, 0.25) is 0 Å². The van der Waals surface area contributed by atoms with Gasteiger partial charge in [-0.2, -0.15) is 0 Å². The number of thiazole rings is 1. The van der Waals surface area contributed by atoms with Gasteiger partial charge in [0.05, 0.1) is 41.7 Å². The van der Waals surface area contributed by atoms with Crippen LogP contribution in [0.3, 0.4) is 0 Å². The summed E-state index contributed by atoms with van der Waals surface area (Å²) in [5, 5.41) is 2.03. The second-order valence-electron chi connectivity index (χ2n) is 9.44. The van der Waals surface area contributed by atoms with E-state index in [0.29, 0.717) is 32.1 Å². The molecule has 2 heterocycles. The molecule has 1 atom stereocenters. The molecule has 0 bridgehead atoms. The van der Waals surface area contributed by atoms with Gasteiger partial charge in [0.2, 0.25) is 0 Å². The number of aromatic nitrogens is 1. The second-order valence-corrected chi connectivity index (χ2v) is 10.4. The Morgan fingerprint density at radius 1 is 1.10 bits per heavy atom. The summed E-state index contributed by atoms with van der Waals surface area (Å²) < 4.78 is 18.9. The molecule has 0 spiro atoms. The molecule has 39 heavy (non-hydrogen) atoms. The van der Waals surface area contributed by atoms with Crippen molar-refractivity contribution >= 4 is 34.2 Å². The summed E-state index contributed by atoms with van der Waals surface area (Å²) in [6.07, 6.45) is 1.84. The van der Waals surface area contributed by atoms with Crippen molar-refractivity contribution in [1.29, 1.82) is 0 Å². The fraction of sp³-hybridized carbons (Fsp3) is 0.258. The molecule has 0 fully saturated rings. The Hall–Kier alpha value is -4.17. The number of allylic oxidation sites excluding steroid dienone is 1. The maximum Gasteiger partial charge on any atom is 0.338 e. The first kappa shape index (κ1) is 26.4. The molecule has 1 aromatic heterocycles. The number of carbonyl (C=O) groups excluding carboxylic acids is 1. The van der Waals surface area contributed by atoms with Gasteiger partial charge in [0.1, 0.15) is 11.5 Å². The molecule has 3 aromatic carbocycles. The van der Waals surface area contributed by atoms with Crippen molar-refractivity contribution in [2.45, 2.75) is 39.8 Å². The van der Waals surface area contributed by atoms with Crippen LogP contribution < -0.4 is 24.4 Å². The average Bonchev–Trinajstić information content (AvgIpc) is 3.23. The fourth-order valence-corrected chi connectivity index (χ4v) is 5.83. The van der Waals surface area contributed by atoms with Crippen molar-refractivity contribution < 1.29 is 19.0 Å². The third kappa shape index (κ3) is 5.00. The molecule has 7 nitrogen and oxygen atoms in total. The molecule has 4 aromatic rings. The zero-order chi connectivity index (χ0) is 27.7. The molecule has 0 saturated heterocycles. The van der Waals surface area contributed by atoms with Crippen LogP contribution in [0.4, 0.5) is 0 Å². The predicted molar refractivity (Wildman–Crippen MR) is 153 cm³/mol. The van der Waals surface area contributed by atoms with Crippen LogP contribution in [0.25, 0.3) is 16.8 Å². The minimum Gasteiger partial charge on any atom is -0.497 e. The van der Waals surface area contributed by atoms with Crippen LogP contribution in [-0.4, -0.2) is 30.4 Å². The Bertz CT molecular complexity index is 1760. The van der Waals surface area contributed by atoms with Crippen molar-refractivity contribution in [3.8, 4) is 11.5 Å². The summed E-state index contributed by atoms with van der Waals surface area (Å²) >= 11 is 1.29. The second kappa shape index (κ2) is 10.9. The minimum atomic E-state index is -0.688. The van der Waals surface area contributed by atoms with Crippen LogP contribution in [0, 0.1) is 0 Å². The van der Waals surface area contributed by atoms with E-state index in [1.807, 2.05) is 80.6 Å². The summed E-state index contributed by atoms with van der Waals surface area (Å²) in [7, 11) is 1.59. The van der Waals surface area contributed by atoms with Crippen molar-refractivity contribution in [2.24, 2.45) is 4.99 Å². The van der Waals surface area contributed by atoms with E-state index in [4.69, 9.17) is 14.2 Å². The number of nitrogens with zero attached hydrogens (tertiary/aromatic N) is 2. The zero-order valence-electron chi connectivity index (χ0n) is 22.6. The number of hydrogen-bond donors (Lipinski definition) is 0. The Kier molecular flexibility index (Phi) is 7.39. The highest BCUT2D eigenvalue weighted by Crippen LogP contribution is 2.32. The Morgan fingerprint density at radius 2 is 1.85 bits per heavy atom. The monoisotopic (exact) mass is 542 g/mol. The lowest BCUT2D eigenvalue weighted by molar-refractivity contribution is -0.139. The van der Waals surface area contributed by atoms with E-state index in [2.05, 4.69) is 4.99 Å². The number of rotatable bonds is 7. The predicted octanol–water partition coefficient (Wildman–Crippen LogP) is 4.75. The Morgan fingerprint density at radius 3 is 2.54 bits per heavy atom. The maximum absolute atomic E-state index is 14.1. The Balaban J connectivity index is 1.76. The molecule has 0 saturated carbocycles. The van der Waals surface area contributed by atoms with Gasteiger partial charge in [0.15, 0.2) is 4.80 Å². The standard InChI is InChI=1S/C31H30N2O5S/c1-6-37-30(35)27-19(4)32-31-33(28(27)21-11-14-22(36-5)15-12-21)29(34)26(39-31)17-24-23-10-8-7-9-20(23)13-16-25(24)38-18(2)3/h7-18,28H,6H2,1-5H3/b26-17-/t28-/m1/s1. The van der Waals surface area contributed by atoms with Crippen LogP contribution in [0.5, 0.6) is 11.5 Å². The highest BCUT2D eigenvalue weighted by Gasteiger charge is 2.33. The van der Waals surface area contributed by atoms with Crippen molar-refractivity contribution in [1.82, 2.24) is 4.57 Å². The molecule has 5 rings (SSSR count). The number of hydrogen-bond acceptors (Lipinski definition) is 7. The third-order valence-electron chi connectivity index (χ3n) is 6.52. The number of fused-ring (bicyclic) bond motifs is 2. The van der Waals surface area contributed by atoms with Gasteiger partial charge in [-0.25, -0.2) is 9.79 Å². The first-order valence-electron chi connectivity index (χ1n) is 12.8. The minimum absolute atomic E-state index is 0.0376. The van der Waals surface area contributed by atoms with Gasteiger partial charge >= 0.3 is 5.97 Å². The van der Waals surface area contributed by atoms with Gasteiger partial charge in [-0.05, 0) is 68.3 Å². The normalized spacial score (nSPS) is 15.3. The molecule has 0 radical (unpaired) electrons. The number of benzene rings is 3. The fourth-order valence-electron chi connectivity index (χ4n) is 4.81. The zero-order valence-corrected chi connectivity index (χ0v) is 23.4. The van der Waals surface area contributed by atoms with Crippen molar-refractivity contribution in [2.75, 3.05) is 13.7 Å². The molecule has 200 valence electrons. The van der Waals surface area contributed by atoms with Crippen LogP contribution in [-0.2, 0) is 9.53 Å². The lowest BCUT2D eigenvalue weighted by atomic mass is 9.96. The van der Waals surface area contributed by atoms with E-state index < -0.39 is 12.0 Å². The smallest absolute Gasteiger partial charge is 0.338 e. The molecule has 0 N–H and O–H groups in total. The van der Waals surface area contributed by atoms with E-state index in [1.165, 1.54) is 11.3 Å². The van der Waals surface area contributed by atoms with E-state index >= 15 is 0 Å². The van der Waals surface area contributed by atoms with E-state index in [-0.39, 0.29) is 18.3 Å². The van der Waals surface area contributed by atoms with Gasteiger partial charge in [-0.3, -0.25) is 9.36 Å². The summed E-state index contributed by atoms with van der Waals surface area (Å²) in [5.74, 6) is 0.887. The summed E-state index contributed by atoms with van der Waals surface area (Å²) in [5.41, 5.74) is 2.22. The molecule has 0 unspecified atom stereocenters. The van der Waals surface area contributed by atoms with Crippen LogP contribution in [0.1, 0.15) is 44.9 Å². The number of methoxy groups -OCH3 is 1. The first-order valence-corrected chi connectivity index (χ1v) is 13.7. The lowest BCUT2D eigenvalue weighted by Crippen LogP contribution is -2.39. The average molecular weight is 543 g/mol. The molecule has 0 amide bonds. The van der Waals surface area contributed by atoms with Crippen LogP contribution in [0.15, 0.2) is 81.7 Å². The molecule has 0 aliphatic carbocycles. The molecular formula is C31H30N2O5S. The first-order chi connectivity index (χ1) is 18.8. The molecule has 1 aliphatic rings. The van der Waals surface area contributed by atoms with Gasteiger partial charge in [-0.15, -0.1) is 0 Å². The molecular weight excluding hydrogens is 512 g/mol. The van der Waals surface area contributed by atoms with Gasteiger partial charge in [-0.1, -0.05) is 53.8 Å². The van der Waals surface area contributed by atoms with Gasteiger partial charge < -0.3 is 14.2 Å². The summed E-state index contributed by atoms with van der Waals surface area (Å²) in [6, 6.07) is 18.6. The topological polar surface area (TPSA) is 79.1 Å². The van der Waals surface area contributed by atoms with Gasteiger partial charge in [0.25, 0.3) is 5.56 Å². The van der Waals surface area contributed by atoms with Crippen molar-refractivity contribution in [3.63, 3.8) is 0 Å².